The van der Waals surface area contributed by atoms with Crippen molar-refractivity contribution in [3.8, 4) is 0 Å². The molecule has 2 saturated carbocycles. The van der Waals surface area contributed by atoms with E-state index in [1.54, 1.807) is 62.4 Å². The molecule has 1 amide bonds. The number of aliphatic hydroxyl groups is 4. The molecule has 1 heterocycles. The van der Waals surface area contributed by atoms with E-state index in [2.05, 4.69) is 21.2 Å². The Balaban J connectivity index is 1.51. The number of esters is 3. The summed E-state index contributed by atoms with van der Waals surface area (Å²) in [5.41, 5.74) is -7.05. The van der Waals surface area contributed by atoms with Gasteiger partial charge in [-0.1, -0.05) is 78.3 Å². The third-order valence-corrected chi connectivity index (χ3v) is 12.8. The number of aliphatic hydroxyl groups excluding tert-OH is 3. The fourth-order valence-corrected chi connectivity index (χ4v) is 9.50. The van der Waals surface area contributed by atoms with Crippen molar-refractivity contribution in [2.75, 3.05) is 11.9 Å². The summed E-state index contributed by atoms with van der Waals surface area (Å²) in [7, 11) is 0. The molecule has 55 heavy (non-hydrogen) atoms. The van der Waals surface area contributed by atoms with E-state index in [0.717, 1.165) is 6.92 Å². The molecule has 0 spiro atoms. The quantitative estimate of drug-likeness (QED) is 0.106. The average molecular weight is 829 g/mol. The number of nitrogens with one attached hydrogen (secondary N) is 1. The van der Waals surface area contributed by atoms with Crippen LogP contribution in [0, 0.1) is 16.7 Å². The maximum Gasteiger partial charge on any atom is 0.338 e. The molecule has 5 N–H and O–H groups in total. The molecule has 6 rings (SSSR count). The molecule has 3 aliphatic carbocycles. The summed E-state index contributed by atoms with van der Waals surface area (Å²) in [5, 5.41) is 51.2. The fourth-order valence-electron chi connectivity index (χ4n) is 9.34. The molecule has 296 valence electrons. The smallest absolute Gasteiger partial charge is 0.338 e. The topological polar surface area (TPSA) is 215 Å². The number of Topliss-reactive ketones (excluding diaryl/α,β-unsaturated/α-hetero) is 1. The number of hydrogen-bond donors (Lipinski definition) is 5. The van der Waals surface area contributed by atoms with Crippen molar-refractivity contribution < 1.29 is 63.3 Å². The summed E-state index contributed by atoms with van der Waals surface area (Å²) in [5.74, 6) is -5.81. The molecule has 15 heteroatoms. The molecule has 14 nitrogen and oxygen atoms in total. The monoisotopic (exact) mass is 827 g/mol. The zero-order chi connectivity index (χ0) is 40.2. The van der Waals surface area contributed by atoms with Gasteiger partial charge in [0.15, 0.2) is 17.5 Å². The van der Waals surface area contributed by atoms with Gasteiger partial charge in [0.1, 0.15) is 30.0 Å². The molecule has 2 aromatic rings. The number of fused-ring (bicyclic) bond motifs is 5. The maximum atomic E-state index is 14.9. The number of ketones is 1. The summed E-state index contributed by atoms with van der Waals surface area (Å²) < 4.78 is 24.0. The van der Waals surface area contributed by atoms with E-state index in [0.29, 0.717) is 5.56 Å². The van der Waals surface area contributed by atoms with Crippen molar-refractivity contribution in [2.24, 2.45) is 16.7 Å². The molecular weight excluding hydrogens is 782 g/mol. The highest BCUT2D eigenvalue weighted by molar-refractivity contribution is 9.09. The van der Waals surface area contributed by atoms with Gasteiger partial charge in [-0.3, -0.25) is 14.4 Å². The van der Waals surface area contributed by atoms with E-state index < -0.39 is 107 Å². The summed E-state index contributed by atoms with van der Waals surface area (Å²) >= 11 is 3.07. The van der Waals surface area contributed by atoms with Gasteiger partial charge < -0.3 is 44.7 Å². The SMILES string of the molecule is CC(=O)O[C@@]12CO[C@@H]1C[C@H](O)[C@@]1(C)C(=O)[C@H](O)C3=C(C)[C@@H](OC(=O)[C@H](O)[C@@H](NC(=O)CBr)c4ccccc4)C[C@@](O)([C@@H](OC(=O)c4ccccc4)[C@H]21)C3(C)C. The summed E-state index contributed by atoms with van der Waals surface area (Å²) in [6.45, 7) is 6.88. The number of amides is 1. The molecule has 2 bridgehead atoms. The molecule has 2 aromatic carbocycles. The van der Waals surface area contributed by atoms with Gasteiger partial charge in [-0.2, -0.15) is 0 Å². The van der Waals surface area contributed by atoms with Crippen LogP contribution in [0.15, 0.2) is 71.8 Å². The van der Waals surface area contributed by atoms with Gasteiger partial charge in [-0.15, -0.1) is 0 Å². The molecule has 0 aromatic heterocycles. The minimum atomic E-state index is -2.33. The lowest BCUT2D eigenvalue weighted by atomic mass is 9.44. The number of ether oxygens (including phenoxy) is 4. The lowest BCUT2D eigenvalue weighted by molar-refractivity contribution is -0.346. The highest BCUT2D eigenvalue weighted by Crippen LogP contribution is 2.64. The molecule has 1 saturated heterocycles. The zero-order valence-electron chi connectivity index (χ0n) is 31.1. The predicted octanol–water partition coefficient (Wildman–Crippen LogP) is 2.25. The summed E-state index contributed by atoms with van der Waals surface area (Å²) in [6.07, 6.45) is -10.4. The van der Waals surface area contributed by atoms with Crippen LogP contribution in [0.5, 0.6) is 0 Å². The van der Waals surface area contributed by atoms with Gasteiger partial charge in [0.2, 0.25) is 5.91 Å². The van der Waals surface area contributed by atoms with E-state index in [-0.39, 0.29) is 35.1 Å². The maximum absolute atomic E-state index is 14.9. The molecular formula is C40H46BrNO13. The molecule has 0 radical (unpaired) electrons. The fraction of sp³-hybridized carbons (Fsp3) is 0.525. The van der Waals surface area contributed by atoms with Crippen LogP contribution < -0.4 is 5.32 Å². The van der Waals surface area contributed by atoms with Crippen LogP contribution in [0.1, 0.15) is 69.4 Å². The predicted molar refractivity (Wildman–Crippen MR) is 196 cm³/mol. The van der Waals surface area contributed by atoms with Crippen molar-refractivity contribution in [1.82, 2.24) is 5.32 Å². The Morgan fingerprint density at radius 2 is 1.62 bits per heavy atom. The summed E-state index contributed by atoms with van der Waals surface area (Å²) in [4.78, 5) is 68.1. The number of carbonyl (C=O) groups excluding carboxylic acids is 5. The lowest BCUT2D eigenvalue weighted by Gasteiger charge is -2.67. The van der Waals surface area contributed by atoms with Crippen LogP contribution in [0.25, 0.3) is 0 Å². The third kappa shape index (κ3) is 6.52. The van der Waals surface area contributed by atoms with E-state index in [4.69, 9.17) is 18.9 Å². The summed E-state index contributed by atoms with van der Waals surface area (Å²) in [6, 6.07) is 14.9. The Labute approximate surface area is 326 Å². The number of carbonyl (C=O) groups is 5. The molecule has 1 aliphatic heterocycles. The highest BCUT2D eigenvalue weighted by Gasteiger charge is 2.78. The van der Waals surface area contributed by atoms with Crippen LogP contribution in [0.2, 0.25) is 0 Å². The Bertz CT molecular complexity index is 1890. The Morgan fingerprint density at radius 1 is 1.00 bits per heavy atom. The highest BCUT2D eigenvalue weighted by atomic mass is 79.9. The number of benzene rings is 2. The van der Waals surface area contributed by atoms with Crippen molar-refractivity contribution >= 4 is 45.5 Å². The third-order valence-electron chi connectivity index (χ3n) is 12.3. The van der Waals surface area contributed by atoms with Gasteiger partial charge >= 0.3 is 17.9 Å². The lowest BCUT2D eigenvalue weighted by Crippen LogP contribution is -2.81. The second kappa shape index (κ2) is 14.8. The van der Waals surface area contributed by atoms with E-state index in [9.17, 15) is 44.4 Å². The van der Waals surface area contributed by atoms with E-state index in [1.807, 2.05) is 0 Å². The Hall–Kier alpha value is -3.99. The average Bonchev–Trinajstić information content (AvgIpc) is 3.15. The minimum absolute atomic E-state index is 0.0492. The number of halogens is 1. The van der Waals surface area contributed by atoms with Crippen molar-refractivity contribution in [1.29, 1.82) is 0 Å². The van der Waals surface area contributed by atoms with E-state index in [1.165, 1.54) is 26.0 Å². The number of rotatable bonds is 9. The van der Waals surface area contributed by atoms with Gasteiger partial charge in [-0.25, -0.2) is 9.59 Å². The van der Waals surface area contributed by atoms with Gasteiger partial charge in [-0.05, 0) is 42.7 Å². The van der Waals surface area contributed by atoms with Gasteiger partial charge in [0.05, 0.1) is 41.0 Å². The van der Waals surface area contributed by atoms with Crippen molar-refractivity contribution in [3.05, 3.63) is 82.9 Å². The number of alkyl halides is 1. The number of hydrogen-bond acceptors (Lipinski definition) is 13. The molecule has 3 fully saturated rings. The van der Waals surface area contributed by atoms with Gasteiger partial charge in [0, 0.05) is 25.2 Å². The van der Waals surface area contributed by atoms with Gasteiger partial charge in [0.25, 0.3) is 0 Å². The normalized spacial score (nSPS) is 34.6. The first-order chi connectivity index (χ1) is 25.8. The van der Waals surface area contributed by atoms with Crippen molar-refractivity contribution in [2.45, 2.75) is 101 Å². The van der Waals surface area contributed by atoms with Crippen LogP contribution in [-0.2, 0) is 38.1 Å². The molecule has 4 aliphatic rings. The Morgan fingerprint density at radius 3 is 2.18 bits per heavy atom. The second-order valence-electron chi connectivity index (χ2n) is 15.6. The molecule has 11 atom stereocenters. The van der Waals surface area contributed by atoms with Crippen LogP contribution >= 0.6 is 15.9 Å². The standard InChI is InChI=1S/C40H46BrNO13/c1-20-24(53-36(50)31(47)29(42-27(45)18-41)22-12-8-6-9-13-22)17-40(51)34(54-35(49)23-14-10-7-11-15-23)32-38(5,33(48)30(46)28(20)37(40,3)4)25(44)16-26-39(32,19-52-26)55-21(2)43/h6-15,24-26,29-32,34,44,46-47,51H,16-19H2,1-5H3,(H,42,45)/t24-,25-,26+,29-,30+,31+,32-,34-,38+,39-,40+/m0/s1. The largest absolute Gasteiger partial charge is 0.456 e. The van der Waals surface area contributed by atoms with Crippen molar-refractivity contribution in [3.63, 3.8) is 0 Å². The first-order valence-corrected chi connectivity index (χ1v) is 19.2. The first-order valence-electron chi connectivity index (χ1n) is 18.0. The van der Waals surface area contributed by atoms with E-state index >= 15 is 0 Å². The van der Waals surface area contributed by atoms with Crippen LogP contribution in [0.4, 0.5) is 0 Å². The van der Waals surface area contributed by atoms with Crippen LogP contribution in [-0.4, -0.2) is 110 Å². The van der Waals surface area contributed by atoms with Crippen LogP contribution in [0.3, 0.4) is 0 Å². The zero-order valence-corrected chi connectivity index (χ0v) is 32.6. The Kier molecular flexibility index (Phi) is 11.0. The minimum Gasteiger partial charge on any atom is -0.456 e. The first kappa shape index (κ1) is 40.7. The second-order valence-corrected chi connectivity index (χ2v) is 16.2. The molecule has 0 unspecified atom stereocenters.